The monoisotopic (exact) mass is 250 g/mol. The van der Waals surface area contributed by atoms with E-state index in [1.807, 2.05) is 11.0 Å². The fourth-order valence-electron chi connectivity index (χ4n) is 2.62. The minimum absolute atomic E-state index is 0.251. The second-order valence-corrected chi connectivity index (χ2v) is 4.61. The predicted molar refractivity (Wildman–Crippen MR) is 66.1 cm³/mol. The number of rotatable bonds is 1. The summed E-state index contributed by atoms with van der Waals surface area (Å²) in [5.41, 5.74) is 3.02. The number of fused-ring (bicyclic) bond motifs is 1. The molecular weight excluding hydrogens is 235 g/mol. The molecule has 0 spiro atoms. The summed E-state index contributed by atoms with van der Waals surface area (Å²) in [7, 11) is 0. The number of oxime groups is 1. The van der Waals surface area contributed by atoms with Gasteiger partial charge in [0.05, 0.1) is 24.6 Å². The third kappa shape index (κ3) is 1.84. The highest BCUT2D eigenvalue weighted by Gasteiger charge is 2.23. The normalized spacial score (nSPS) is 21.4. The molecule has 0 radical (unpaired) electrons. The summed E-state index contributed by atoms with van der Waals surface area (Å²) in [5, 5.41) is 12.1. The Morgan fingerprint density at radius 3 is 2.72 bits per heavy atom. The van der Waals surface area contributed by atoms with Crippen LogP contribution < -0.4 is 4.90 Å². The van der Waals surface area contributed by atoms with Gasteiger partial charge in [-0.1, -0.05) is 5.16 Å². The van der Waals surface area contributed by atoms with E-state index in [1.165, 1.54) is 6.07 Å². The Kier molecular flexibility index (Phi) is 2.91. The molecule has 1 N–H and O–H groups in total. The first-order valence-corrected chi connectivity index (χ1v) is 6.16. The number of ether oxygens (including phenoxy) is 1. The Balaban J connectivity index is 1.97. The molecule has 0 amide bonds. The molecule has 0 aromatic heterocycles. The van der Waals surface area contributed by atoms with Crippen LogP contribution in [0.15, 0.2) is 17.3 Å². The van der Waals surface area contributed by atoms with Crippen LogP contribution in [0.5, 0.6) is 0 Å². The van der Waals surface area contributed by atoms with Crippen molar-refractivity contribution >= 4 is 11.4 Å². The van der Waals surface area contributed by atoms with Crippen LogP contribution in [0.25, 0.3) is 0 Å². The minimum atomic E-state index is -0.251. The van der Waals surface area contributed by atoms with Crippen LogP contribution in [-0.4, -0.2) is 37.2 Å². The smallest absolute Gasteiger partial charge is 0.147 e. The van der Waals surface area contributed by atoms with Gasteiger partial charge in [-0.25, -0.2) is 4.39 Å². The van der Waals surface area contributed by atoms with Crippen molar-refractivity contribution in [2.45, 2.75) is 12.8 Å². The number of anilines is 1. The van der Waals surface area contributed by atoms with Gasteiger partial charge in [0.2, 0.25) is 0 Å². The van der Waals surface area contributed by atoms with Gasteiger partial charge < -0.3 is 14.8 Å². The maximum atomic E-state index is 14.1. The van der Waals surface area contributed by atoms with Gasteiger partial charge in [0.1, 0.15) is 5.82 Å². The van der Waals surface area contributed by atoms with E-state index in [0.29, 0.717) is 31.0 Å². The number of benzene rings is 1. The van der Waals surface area contributed by atoms with E-state index in [2.05, 4.69) is 5.16 Å². The van der Waals surface area contributed by atoms with E-state index in [0.717, 1.165) is 30.6 Å². The van der Waals surface area contributed by atoms with Gasteiger partial charge in [-0.3, -0.25) is 0 Å². The molecule has 1 fully saturated rings. The molecule has 1 aromatic rings. The SMILES string of the molecule is O/N=C1\CCc2cc(N3CCOCC3)c(F)cc21. The molecule has 5 heteroatoms. The Morgan fingerprint density at radius 2 is 2.00 bits per heavy atom. The molecule has 1 heterocycles. The number of nitrogens with zero attached hydrogens (tertiary/aromatic N) is 2. The van der Waals surface area contributed by atoms with Gasteiger partial charge in [0, 0.05) is 18.7 Å². The third-order valence-electron chi connectivity index (χ3n) is 3.59. The molecule has 1 aliphatic carbocycles. The molecule has 4 nitrogen and oxygen atoms in total. The molecule has 0 saturated carbocycles. The molecular formula is C13H15FN2O2. The summed E-state index contributed by atoms with van der Waals surface area (Å²) >= 11 is 0. The summed E-state index contributed by atoms with van der Waals surface area (Å²) in [6, 6.07) is 3.37. The fourth-order valence-corrected chi connectivity index (χ4v) is 2.62. The summed E-state index contributed by atoms with van der Waals surface area (Å²) in [6.07, 6.45) is 1.49. The molecule has 1 aromatic carbocycles. The lowest BCUT2D eigenvalue weighted by Crippen LogP contribution is -2.36. The maximum Gasteiger partial charge on any atom is 0.147 e. The third-order valence-corrected chi connectivity index (χ3v) is 3.59. The minimum Gasteiger partial charge on any atom is -0.411 e. The van der Waals surface area contributed by atoms with Gasteiger partial charge in [-0.05, 0) is 30.5 Å². The molecule has 96 valence electrons. The quantitative estimate of drug-likeness (QED) is 0.610. The Morgan fingerprint density at radius 1 is 1.22 bits per heavy atom. The highest BCUT2D eigenvalue weighted by atomic mass is 19.1. The Hall–Kier alpha value is -1.62. The summed E-state index contributed by atoms with van der Waals surface area (Å²) in [4.78, 5) is 2.01. The molecule has 2 aliphatic rings. The van der Waals surface area contributed by atoms with Crippen LogP contribution >= 0.6 is 0 Å². The van der Waals surface area contributed by atoms with Crippen LogP contribution in [0.4, 0.5) is 10.1 Å². The number of morpholine rings is 1. The standard InChI is InChI=1S/C13H15FN2O2/c14-11-8-10-9(1-2-12(10)15-17)7-13(11)16-3-5-18-6-4-16/h7-8,17H,1-6H2/b15-12+. The Bertz CT molecular complexity index is 496. The zero-order valence-electron chi connectivity index (χ0n) is 10.0. The van der Waals surface area contributed by atoms with Gasteiger partial charge in [0.25, 0.3) is 0 Å². The molecule has 0 atom stereocenters. The Labute approximate surface area is 105 Å². The maximum absolute atomic E-state index is 14.1. The van der Waals surface area contributed by atoms with Crippen molar-refractivity contribution in [2.24, 2.45) is 5.16 Å². The summed E-state index contributed by atoms with van der Waals surface area (Å²) < 4.78 is 19.4. The summed E-state index contributed by atoms with van der Waals surface area (Å²) in [5.74, 6) is -0.251. The molecule has 1 saturated heterocycles. The van der Waals surface area contributed by atoms with Crippen LogP contribution in [0.2, 0.25) is 0 Å². The number of hydrogen-bond acceptors (Lipinski definition) is 4. The first kappa shape index (κ1) is 11.5. The largest absolute Gasteiger partial charge is 0.411 e. The van der Waals surface area contributed by atoms with Crippen LogP contribution in [-0.2, 0) is 11.2 Å². The fraction of sp³-hybridized carbons (Fsp3) is 0.462. The first-order chi connectivity index (χ1) is 8.79. The van der Waals surface area contributed by atoms with Crippen LogP contribution in [0.3, 0.4) is 0 Å². The van der Waals surface area contributed by atoms with Gasteiger partial charge >= 0.3 is 0 Å². The molecule has 18 heavy (non-hydrogen) atoms. The van der Waals surface area contributed by atoms with E-state index >= 15 is 0 Å². The molecule has 0 bridgehead atoms. The number of halogens is 1. The average Bonchev–Trinajstić information content (AvgIpc) is 2.80. The average molecular weight is 250 g/mol. The topological polar surface area (TPSA) is 45.1 Å². The van der Waals surface area contributed by atoms with Crippen molar-refractivity contribution in [3.63, 3.8) is 0 Å². The van der Waals surface area contributed by atoms with Crippen LogP contribution in [0.1, 0.15) is 17.5 Å². The predicted octanol–water partition coefficient (Wildman–Crippen LogP) is 1.79. The van der Waals surface area contributed by atoms with Gasteiger partial charge in [0.15, 0.2) is 0 Å². The number of aryl methyl sites for hydroxylation is 1. The lowest BCUT2D eigenvalue weighted by molar-refractivity contribution is 0.122. The molecule has 1 aliphatic heterocycles. The van der Waals surface area contributed by atoms with Gasteiger partial charge in [-0.15, -0.1) is 0 Å². The van der Waals surface area contributed by atoms with Crippen molar-refractivity contribution in [2.75, 3.05) is 31.2 Å². The van der Waals surface area contributed by atoms with E-state index < -0.39 is 0 Å². The zero-order valence-corrected chi connectivity index (χ0v) is 10.0. The van der Waals surface area contributed by atoms with Crippen LogP contribution in [0, 0.1) is 5.82 Å². The van der Waals surface area contributed by atoms with E-state index in [-0.39, 0.29) is 5.82 Å². The van der Waals surface area contributed by atoms with Crippen molar-refractivity contribution < 1.29 is 14.3 Å². The van der Waals surface area contributed by atoms with Crippen molar-refractivity contribution in [1.82, 2.24) is 0 Å². The highest BCUT2D eigenvalue weighted by molar-refractivity contribution is 6.04. The van der Waals surface area contributed by atoms with Gasteiger partial charge in [-0.2, -0.15) is 0 Å². The zero-order chi connectivity index (χ0) is 12.5. The highest BCUT2D eigenvalue weighted by Crippen LogP contribution is 2.30. The molecule has 0 unspecified atom stereocenters. The van der Waals surface area contributed by atoms with E-state index in [9.17, 15) is 4.39 Å². The van der Waals surface area contributed by atoms with Crippen molar-refractivity contribution in [1.29, 1.82) is 0 Å². The lowest BCUT2D eigenvalue weighted by Gasteiger charge is -2.29. The van der Waals surface area contributed by atoms with Crippen molar-refractivity contribution in [3.8, 4) is 0 Å². The summed E-state index contributed by atoms with van der Waals surface area (Å²) in [6.45, 7) is 2.72. The van der Waals surface area contributed by atoms with E-state index in [4.69, 9.17) is 9.94 Å². The lowest BCUT2D eigenvalue weighted by atomic mass is 10.1. The number of hydrogen-bond donors (Lipinski definition) is 1. The second kappa shape index (κ2) is 4.57. The molecule has 3 rings (SSSR count). The second-order valence-electron chi connectivity index (χ2n) is 4.61. The van der Waals surface area contributed by atoms with E-state index in [1.54, 1.807) is 0 Å². The van der Waals surface area contributed by atoms with Crippen molar-refractivity contribution in [3.05, 3.63) is 29.1 Å². The first-order valence-electron chi connectivity index (χ1n) is 6.16.